The van der Waals surface area contributed by atoms with Crippen LogP contribution in [0.2, 0.25) is 0 Å². The number of amides is 2. The standard InChI is InChI=1S/C14H19N3O3/c1-17(2)11-7-5-10(6-8-11)15-14(20)16-12(13(18)19)9-3-4-9/h5-9,12H,3-4H2,1-2H3,(H,18,19)(H2,15,16,20). The van der Waals surface area contributed by atoms with E-state index in [9.17, 15) is 9.59 Å². The number of carbonyl (C=O) groups excluding carboxylic acids is 1. The summed E-state index contributed by atoms with van der Waals surface area (Å²) in [5, 5.41) is 14.2. The Bertz CT molecular complexity index is 495. The molecule has 0 heterocycles. The third-order valence-electron chi connectivity index (χ3n) is 3.29. The Morgan fingerprint density at radius 2 is 1.85 bits per heavy atom. The highest BCUT2D eigenvalue weighted by molar-refractivity contribution is 5.92. The molecule has 1 aliphatic rings. The number of carboxylic acid groups (broad SMARTS) is 1. The van der Waals surface area contributed by atoms with E-state index in [0.29, 0.717) is 5.69 Å². The van der Waals surface area contributed by atoms with Crippen molar-refractivity contribution in [3.05, 3.63) is 24.3 Å². The van der Waals surface area contributed by atoms with Gasteiger partial charge in [-0.1, -0.05) is 0 Å². The SMILES string of the molecule is CN(C)c1ccc(NC(=O)NC(C(=O)O)C2CC2)cc1. The van der Waals surface area contributed by atoms with Crippen LogP contribution in [-0.4, -0.2) is 37.2 Å². The first-order chi connectivity index (χ1) is 9.47. The van der Waals surface area contributed by atoms with Crippen molar-refractivity contribution in [3.63, 3.8) is 0 Å². The zero-order chi connectivity index (χ0) is 14.7. The number of urea groups is 1. The van der Waals surface area contributed by atoms with Crippen LogP contribution in [0.4, 0.5) is 16.2 Å². The first kappa shape index (κ1) is 14.2. The monoisotopic (exact) mass is 277 g/mol. The number of rotatable bonds is 5. The van der Waals surface area contributed by atoms with E-state index in [2.05, 4.69) is 10.6 Å². The molecule has 6 heteroatoms. The number of nitrogens with zero attached hydrogens (tertiary/aromatic N) is 1. The van der Waals surface area contributed by atoms with Gasteiger partial charge in [-0.15, -0.1) is 0 Å². The molecule has 1 aliphatic carbocycles. The Morgan fingerprint density at radius 1 is 1.25 bits per heavy atom. The number of carboxylic acids is 1. The van der Waals surface area contributed by atoms with Gasteiger partial charge in [0.15, 0.2) is 0 Å². The largest absolute Gasteiger partial charge is 0.480 e. The number of nitrogens with one attached hydrogen (secondary N) is 2. The lowest BCUT2D eigenvalue weighted by Crippen LogP contribution is -2.44. The van der Waals surface area contributed by atoms with Gasteiger partial charge in [-0.25, -0.2) is 9.59 Å². The first-order valence-electron chi connectivity index (χ1n) is 6.55. The van der Waals surface area contributed by atoms with Crippen molar-refractivity contribution in [1.29, 1.82) is 0 Å². The highest BCUT2D eigenvalue weighted by Gasteiger charge is 2.37. The van der Waals surface area contributed by atoms with Crippen LogP contribution >= 0.6 is 0 Å². The minimum atomic E-state index is -0.981. The van der Waals surface area contributed by atoms with Crippen molar-refractivity contribution in [2.75, 3.05) is 24.3 Å². The topological polar surface area (TPSA) is 81.7 Å². The molecule has 20 heavy (non-hydrogen) atoms. The molecule has 1 atom stereocenters. The Morgan fingerprint density at radius 3 is 2.30 bits per heavy atom. The second-order valence-corrected chi connectivity index (χ2v) is 5.19. The van der Waals surface area contributed by atoms with Gasteiger partial charge in [0.2, 0.25) is 0 Å². The summed E-state index contributed by atoms with van der Waals surface area (Å²) in [5.74, 6) is -0.917. The molecule has 0 spiro atoms. The molecule has 0 saturated heterocycles. The summed E-state index contributed by atoms with van der Waals surface area (Å²) in [6, 6.07) is 6.04. The van der Waals surface area contributed by atoms with Crippen LogP contribution in [0.1, 0.15) is 12.8 Å². The zero-order valence-corrected chi connectivity index (χ0v) is 11.6. The molecule has 2 amide bonds. The van der Waals surface area contributed by atoms with Crippen molar-refractivity contribution in [3.8, 4) is 0 Å². The molecule has 2 rings (SSSR count). The number of carbonyl (C=O) groups is 2. The highest BCUT2D eigenvalue weighted by Crippen LogP contribution is 2.32. The molecule has 0 aromatic heterocycles. The van der Waals surface area contributed by atoms with Gasteiger partial charge in [0.25, 0.3) is 0 Å². The summed E-state index contributed by atoms with van der Waals surface area (Å²) in [6.07, 6.45) is 1.71. The van der Waals surface area contributed by atoms with Gasteiger partial charge in [0, 0.05) is 25.5 Å². The van der Waals surface area contributed by atoms with Gasteiger partial charge in [0.05, 0.1) is 0 Å². The molecule has 6 nitrogen and oxygen atoms in total. The summed E-state index contributed by atoms with van der Waals surface area (Å²) < 4.78 is 0. The fourth-order valence-electron chi connectivity index (χ4n) is 1.96. The summed E-state index contributed by atoms with van der Waals surface area (Å²) in [4.78, 5) is 24.8. The van der Waals surface area contributed by atoms with E-state index in [1.54, 1.807) is 12.1 Å². The first-order valence-corrected chi connectivity index (χ1v) is 6.55. The Hall–Kier alpha value is -2.24. The molecule has 0 bridgehead atoms. The lowest BCUT2D eigenvalue weighted by molar-refractivity contribution is -0.139. The zero-order valence-electron chi connectivity index (χ0n) is 11.6. The average Bonchev–Trinajstić information content (AvgIpc) is 3.20. The Kier molecular flexibility index (Phi) is 4.12. The summed E-state index contributed by atoms with van der Waals surface area (Å²) in [7, 11) is 3.87. The van der Waals surface area contributed by atoms with Gasteiger partial charge in [-0.2, -0.15) is 0 Å². The van der Waals surface area contributed by atoms with Crippen LogP contribution in [-0.2, 0) is 4.79 Å². The highest BCUT2D eigenvalue weighted by atomic mass is 16.4. The van der Waals surface area contributed by atoms with Gasteiger partial charge < -0.3 is 20.6 Å². The molecule has 0 aliphatic heterocycles. The molecule has 0 radical (unpaired) electrons. The minimum absolute atomic E-state index is 0.0642. The molecule has 108 valence electrons. The third-order valence-corrected chi connectivity index (χ3v) is 3.29. The van der Waals surface area contributed by atoms with E-state index in [0.717, 1.165) is 18.5 Å². The summed E-state index contributed by atoms with van der Waals surface area (Å²) in [6.45, 7) is 0. The molecule has 1 unspecified atom stereocenters. The fraction of sp³-hybridized carbons (Fsp3) is 0.429. The normalized spacial score (nSPS) is 15.3. The van der Waals surface area contributed by atoms with E-state index >= 15 is 0 Å². The predicted octanol–water partition coefficient (Wildman–Crippen LogP) is 1.74. The number of aliphatic carboxylic acids is 1. The molecular formula is C14H19N3O3. The van der Waals surface area contributed by atoms with E-state index in [4.69, 9.17) is 5.11 Å². The quantitative estimate of drug-likeness (QED) is 0.765. The second kappa shape index (κ2) is 5.81. The molecule has 3 N–H and O–H groups in total. The van der Waals surface area contributed by atoms with Gasteiger partial charge in [-0.3, -0.25) is 0 Å². The maximum absolute atomic E-state index is 11.8. The molecule has 1 aromatic carbocycles. The van der Waals surface area contributed by atoms with Crippen molar-refractivity contribution >= 4 is 23.4 Å². The summed E-state index contributed by atoms with van der Waals surface area (Å²) >= 11 is 0. The van der Waals surface area contributed by atoms with E-state index < -0.39 is 18.0 Å². The maximum atomic E-state index is 11.8. The predicted molar refractivity (Wildman–Crippen MR) is 77.1 cm³/mol. The van der Waals surface area contributed by atoms with Crippen LogP contribution in [0.25, 0.3) is 0 Å². The number of benzene rings is 1. The fourth-order valence-corrected chi connectivity index (χ4v) is 1.96. The van der Waals surface area contributed by atoms with Crippen LogP contribution in [0, 0.1) is 5.92 Å². The van der Waals surface area contributed by atoms with Gasteiger partial charge in [-0.05, 0) is 43.0 Å². The third kappa shape index (κ3) is 3.63. The van der Waals surface area contributed by atoms with Crippen LogP contribution in [0.15, 0.2) is 24.3 Å². The van der Waals surface area contributed by atoms with Crippen molar-refractivity contribution in [2.45, 2.75) is 18.9 Å². The van der Waals surface area contributed by atoms with Crippen LogP contribution in [0.5, 0.6) is 0 Å². The van der Waals surface area contributed by atoms with Gasteiger partial charge >= 0.3 is 12.0 Å². The van der Waals surface area contributed by atoms with E-state index in [-0.39, 0.29) is 5.92 Å². The number of anilines is 2. The lowest BCUT2D eigenvalue weighted by Gasteiger charge is -2.15. The Labute approximate surface area is 117 Å². The molecule has 1 saturated carbocycles. The van der Waals surface area contributed by atoms with E-state index in [1.165, 1.54) is 0 Å². The van der Waals surface area contributed by atoms with Gasteiger partial charge in [0.1, 0.15) is 6.04 Å². The maximum Gasteiger partial charge on any atom is 0.326 e. The molecular weight excluding hydrogens is 258 g/mol. The van der Waals surface area contributed by atoms with Crippen molar-refractivity contribution in [1.82, 2.24) is 5.32 Å². The number of hydrogen-bond acceptors (Lipinski definition) is 3. The minimum Gasteiger partial charge on any atom is -0.480 e. The Balaban J connectivity index is 1.91. The second-order valence-electron chi connectivity index (χ2n) is 5.19. The van der Waals surface area contributed by atoms with Crippen molar-refractivity contribution < 1.29 is 14.7 Å². The molecule has 1 fully saturated rings. The molecule has 1 aromatic rings. The summed E-state index contributed by atoms with van der Waals surface area (Å²) in [5.41, 5.74) is 1.66. The lowest BCUT2D eigenvalue weighted by atomic mass is 10.2. The average molecular weight is 277 g/mol. The van der Waals surface area contributed by atoms with Crippen LogP contribution in [0.3, 0.4) is 0 Å². The van der Waals surface area contributed by atoms with Crippen LogP contribution < -0.4 is 15.5 Å². The van der Waals surface area contributed by atoms with E-state index in [1.807, 2.05) is 31.1 Å². The van der Waals surface area contributed by atoms with Crippen molar-refractivity contribution in [2.24, 2.45) is 5.92 Å². The smallest absolute Gasteiger partial charge is 0.326 e. The number of hydrogen-bond donors (Lipinski definition) is 3.